The fourth-order valence-corrected chi connectivity index (χ4v) is 4.01. The van der Waals surface area contributed by atoms with Gasteiger partial charge in [-0.1, -0.05) is 24.3 Å². The molecule has 1 aromatic heterocycles. The molecule has 0 aliphatic carbocycles. The van der Waals surface area contributed by atoms with Crippen molar-refractivity contribution < 1.29 is 9.59 Å². The Kier molecular flexibility index (Phi) is 5.09. The highest BCUT2D eigenvalue weighted by Gasteiger charge is 2.35. The molecule has 0 unspecified atom stereocenters. The van der Waals surface area contributed by atoms with Gasteiger partial charge in [0.25, 0.3) is 0 Å². The number of aromatic nitrogens is 2. The third kappa shape index (κ3) is 3.88. The normalized spacial score (nSPS) is 16.8. The summed E-state index contributed by atoms with van der Waals surface area (Å²) in [6, 6.07) is 15.9. The van der Waals surface area contributed by atoms with E-state index < -0.39 is 0 Å². The van der Waals surface area contributed by atoms with Crippen LogP contribution in [0.15, 0.2) is 48.5 Å². The number of anilines is 1. The van der Waals surface area contributed by atoms with Crippen molar-refractivity contribution in [1.29, 1.82) is 0 Å². The van der Waals surface area contributed by atoms with Crippen molar-refractivity contribution in [3.63, 3.8) is 0 Å². The number of imidazole rings is 1. The first kappa shape index (κ1) is 19.2. The van der Waals surface area contributed by atoms with E-state index in [2.05, 4.69) is 5.32 Å². The summed E-state index contributed by atoms with van der Waals surface area (Å²) in [5.41, 5.74) is 3.80. The fourth-order valence-electron chi connectivity index (χ4n) is 4.01. The average Bonchev–Trinajstić information content (AvgIpc) is 3.22. The molecule has 6 nitrogen and oxygen atoms in total. The summed E-state index contributed by atoms with van der Waals surface area (Å²) >= 11 is 0. The lowest BCUT2D eigenvalue weighted by molar-refractivity contribution is -0.122. The van der Waals surface area contributed by atoms with E-state index in [0.29, 0.717) is 13.0 Å². The monoisotopic (exact) mass is 390 g/mol. The number of carbonyl (C=O) groups excluding carboxylic acids is 2. The van der Waals surface area contributed by atoms with E-state index in [1.54, 1.807) is 0 Å². The zero-order valence-corrected chi connectivity index (χ0v) is 17.1. The Hall–Kier alpha value is -3.15. The number of hydrogen-bond acceptors (Lipinski definition) is 3. The second kappa shape index (κ2) is 7.70. The standard InChI is InChI=1S/C23H26N4O2/c1-15(2)24-21(28)14-27-20-10-5-4-9-19(20)25-23(27)17-12-22(29)26(13-17)18-8-6-7-16(3)11-18/h4-11,15,17H,12-14H2,1-3H3,(H,24,28)/t17-/m1/s1. The minimum absolute atomic E-state index is 0.0516. The zero-order valence-electron chi connectivity index (χ0n) is 17.1. The summed E-state index contributed by atoms with van der Waals surface area (Å²) in [4.78, 5) is 31.9. The van der Waals surface area contributed by atoms with Gasteiger partial charge in [-0.25, -0.2) is 4.98 Å². The molecule has 4 rings (SSSR count). The molecular formula is C23H26N4O2. The second-order valence-corrected chi connectivity index (χ2v) is 8.01. The number of aryl methyl sites for hydroxylation is 1. The van der Waals surface area contributed by atoms with Crippen LogP contribution >= 0.6 is 0 Å². The first-order valence-corrected chi connectivity index (χ1v) is 10.0. The van der Waals surface area contributed by atoms with E-state index in [4.69, 9.17) is 4.98 Å². The van der Waals surface area contributed by atoms with Crippen LogP contribution in [0.4, 0.5) is 5.69 Å². The van der Waals surface area contributed by atoms with Gasteiger partial charge in [-0.2, -0.15) is 0 Å². The van der Waals surface area contributed by atoms with Gasteiger partial charge in [0, 0.05) is 30.6 Å². The number of nitrogens with zero attached hydrogens (tertiary/aromatic N) is 3. The van der Waals surface area contributed by atoms with E-state index in [1.807, 2.05) is 78.8 Å². The van der Waals surface area contributed by atoms with Crippen molar-refractivity contribution in [2.24, 2.45) is 0 Å². The first-order chi connectivity index (χ1) is 13.9. The van der Waals surface area contributed by atoms with Gasteiger partial charge in [0.2, 0.25) is 11.8 Å². The number of carbonyl (C=O) groups is 2. The minimum atomic E-state index is -0.0535. The summed E-state index contributed by atoms with van der Waals surface area (Å²) in [7, 11) is 0. The summed E-state index contributed by atoms with van der Waals surface area (Å²) in [6.07, 6.45) is 0.392. The zero-order chi connectivity index (χ0) is 20.5. The number of benzene rings is 2. The van der Waals surface area contributed by atoms with E-state index in [0.717, 1.165) is 28.1 Å². The first-order valence-electron chi connectivity index (χ1n) is 10.0. The Labute approximate surface area is 170 Å². The maximum Gasteiger partial charge on any atom is 0.240 e. The van der Waals surface area contributed by atoms with E-state index in [1.165, 1.54) is 0 Å². The molecule has 1 aliphatic rings. The number of amides is 2. The van der Waals surface area contributed by atoms with Gasteiger partial charge in [0.1, 0.15) is 12.4 Å². The van der Waals surface area contributed by atoms with Gasteiger partial charge in [0.15, 0.2) is 0 Å². The third-order valence-corrected chi connectivity index (χ3v) is 5.24. The van der Waals surface area contributed by atoms with Crippen LogP contribution in [0.3, 0.4) is 0 Å². The maximum atomic E-state index is 12.8. The number of para-hydroxylation sites is 2. The van der Waals surface area contributed by atoms with Crippen LogP contribution < -0.4 is 10.2 Å². The van der Waals surface area contributed by atoms with Crippen LogP contribution in [0.5, 0.6) is 0 Å². The number of fused-ring (bicyclic) bond motifs is 1. The predicted octanol–water partition coefficient (Wildman–Crippen LogP) is 3.39. The highest BCUT2D eigenvalue weighted by atomic mass is 16.2. The van der Waals surface area contributed by atoms with Gasteiger partial charge in [-0.15, -0.1) is 0 Å². The maximum absolute atomic E-state index is 12.8. The lowest BCUT2D eigenvalue weighted by atomic mass is 10.1. The summed E-state index contributed by atoms with van der Waals surface area (Å²) in [5.74, 6) is 0.783. The molecule has 1 N–H and O–H groups in total. The molecule has 6 heteroatoms. The van der Waals surface area contributed by atoms with E-state index in [-0.39, 0.29) is 30.3 Å². The average molecular weight is 390 g/mol. The molecule has 0 bridgehead atoms. The van der Waals surface area contributed by atoms with Crippen LogP contribution in [-0.4, -0.2) is 34.0 Å². The highest BCUT2D eigenvalue weighted by molar-refractivity contribution is 5.96. The van der Waals surface area contributed by atoms with Gasteiger partial charge >= 0.3 is 0 Å². The molecule has 1 saturated heterocycles. The number of nitrogens with one attached hydrogen (secondary N) is 1. The van der Waals surface area contributed by atoms with Gasteiger partial charge < -0.3 is 14.8 Å². The van der Waals surface area contributed by atoms with E-state index in [9.17, 15) is 9.59 Å². The minimum Gasteiger partial charge on any atom is -0.352 e. The Bertz CT molecular complexity index is 1070. The van der Waals surface area contributed by atoms with Gasteiger partial charge in [-0.3, -0.25) is 9.59 Å². The van der Waals surface area contributed by atoms with Crippen LogP contribution in [-0.2, 0) is 16.1 Å². The molecule has 1 atom stereocenters. The molecule has 0 saturated carbocycles. The molecule has 150 valence electrons. The molecule has 2 heterocycles. The van der Waals surface area contributed by atoms with Crippen molar-refractivity contribution >= 4 is 28.5 Å². The molecule has 1 fully saturated rings. The quantitative estimate of drug-likeness (QED) is 0.726. The Morgan fingerprint density at radius 2 is 2.00 bits per heavy atom. The van der Waals surface area contributed by atoms with Crippen molar-refractivity contribution in [2.45, 2.75) is 45.7 Å². The molecule has 1 aliphatic heterocycles. The Morgan fingerprint density at radius 1 is 1.21 bits per heavy atom. The van der Waals surface area contributed by atoms with Crippen molar-refractivity contribution in [3.05, 3.63) is 59.9 Å². The van der Waals surface area contributed by atoms with Gasteiger partial charge in [0.05, 0.1) is 11.0 Å². The summed E-state index contributed by atoms with van der Waals surface area (Å²) in [5, 5.41) is 2.95. The molecule has 29 heavy (non-hydrogen) atoms. The molecule has 0 radical (unpaired) electrons. The molecule has 2 amide bonds. The van der Waals surface area contributed by atoms with Crippen molar-refractivity contribution in [1.82, 2.24) is 14.9 Å². The summed E-state index contributed by atoms with van der Waals surface area (Å²) < 4.78 is 1.96. The molecule has 3 aromatic rings. The van der Waals surface area contributed by atoms with Crippen LogP contribution in [0.1, 0.15) is 37.6 Å². The number of hydrogen-bond donors (Lipinski definition) is 1. The lowest BCUT2D eigenvalue weighted by Crippen LogP contribution is -2.33. The molecule has 2 aromatic carbocycles. The second-order valence-electron chi connectivity index (χ2n) is 8.01. The number of rotatable bonds is 5. The largest absolute Gasteiger partial charge is 0.352 e. The van der Waals surface area contributed by atoms with Crippen LogP contribution in [0.25, 0.3) is 11.0 Å². The predicted molar refractivity (Wildman–Crippen MR) is 114 cm³/mol. The molecular weight excluding hydrogens is 364 g/mol. The SMILES string of the molecule is Cc1cccc(N2C[C@H](c3nc4ccccc4n3CC(=O)NC(C)C)CC2=O)c1. The van der Waals surface area contributed by atoms with Crippen LogP contribution in [0.2, 0.25) is 0 Å². The Morgan fingerprint density at radius 3 is 2.76 bits per heavy atom. The Balaban J connectivity index is 1.67. The smallest absolute Gasteiger partial charge is 0.240 e. The van der Waals surface area contributed by atoms with Crippen molar-refractivity contribution in [2.75, 3.05) is 11.4 Å². The van der Waals surface area contributed by atoms with Crippen LogP contribution in [0, 0.1) is 6.92 Å². The lowest BCUT2D eigenvalue weighted by Gasteiger charge is -2.18. The third-order valence-electron chi connectivity index (χ3n) is 5.24. The summed E-state index contributed by atoms with van der Waals surface area (Å²) in [6.45, 7) is 6.68. The fraction of sp³-hybridized carbons (Fsp3) is 0.348. The topological polar surface area (TPSA) is 67.2 Å². The highest BCUT2D eigenvalue weighted by Crippen LogP contribution is 2.33. The van der Waals surface area contributed by atoms with Crippen molar-refractivity contribution in [3.8, 4) is 0 Å². The van der Waals surface area contributed by atoms with E-state index >= 15 is 0 Å². The molecule has 0 spiro atoms. The van der Waals surface area contributed by atoms with Gasteiger partial charge in [-0.05, 0) is 50.6 Å².